The maximum Gasteiger partial charge on any atom is 0.160 e. The number of ether oxygens (including phenoxy) is 2. The van der Waals surface area contributed by atoms with Crippen LogP contribution in [-0.4, -0.2) is 27.3 Å². The van der Waals surface area contributed by atoms with Gasteiger partial charge in [-0.3, -0.25) is 0 Å². The highest BCUT2D eigenvalue weighted by Crippen LogP contribution is 2.32. The molecule has 0 heterocycles. The zero-order valence-electron chi connectivity index (χ0n) is 12.1. The molecule has 0 aliphatic rings. The number of benzene rings is 1. The van der Waals surface area contributed by atoms with Gasteiger partial charge in [0.2, 0.25) is 0 Å². The van der Waals surface area contributed by atoms with Crippen molar-refractivity contribution in [1.29, 1.82) is 0 Å². The largest absolute Gasteiger partial charge is 0.493 e. The fraction of sp³-hybridized carbons (Fsp3) is 0.600. The lowest BCUT2D eigenvalue weighted by Gasteiger charge is -2.24. The first-order chi connectivity index (χ1) is 8.67. The highest BCUT2D eigenvalue weighted by atomic mass is 16.5. The van der Waals surface area contributed by atoms with Crippen molar-refractivity contribution in [2.45, 2.75) is 38.6 Å². The van der Waals surface area contributed by atoms with Crippen LogP contribution < -0.4 is 14.8 Å². The molecule has 3 nitrogen and oxygen atoms in total. The third-order valence-corrected chi connectivity index (χ3v) is 3.51. The Labute approximate surface area is 110 Å². The van der Waals surface area contributed by atoms with E-state index in [2.05, 4.69) is 31.3 Å². The van der Waals surface area contributed by atoms with Crippen LogP contribution >= 0.6 is 0 Å². The van der Waals surface area contributed by atoms with Gasteiger partial charge in [-0.2, -0.15) is 0 Å². The molecular weight excluding hydrogens is 226 g/mol. The molecule has 0 spiro atoms. The molecule has 0 saturated heterocycles. The van der Waals surface area contributed by atoms with Crippen molar-refractivity contribution in [2.75, 3.05) is 21.3 Å². The minimum Gasteiger partial charge on any atom is -0.493 e. The van der Waals surface area contributed by atoms with E-state index in [4.69, 9.17) is 9.47 Å². The van der Waals surface area contributed by atoms with Crippen molar-refractivity contribution in [3.05, 3.63) is 23.8 Å². The summed E-state index contributed by atoms with van der Waals surface area (Å²) in [6.07, 6.45) is 2.36. The Morgan fingerprint density at radius 2 is 1.83 bits per heavy atom. The summed E-state index contributed by atoms with van der Waals surface area (Å²) in [5, 5.41) is 3.40. The second-order valence-electron chi connectivity index (χ2n) is 4.59. The van der Waals surface area contributed by atoms with Crippen molar-refractivity contribution < 1.29 is 9.47 Å². The monoisotopic (exact) mass is 251 g/mol. The Hall–Kier alpha value is -1.22. The second-order valence-corrected chi connectivity index (χ2v) is 4.59. The van der Waals surface area contributed by atoms with Gasteiger partial charge in [0.25, 0.3) is 0 Å². The summed E-state index contributed by atoms with van der Waals surface area (Å²) in [6, 6.07) is 6.66. The molecule has 2 atom stereocenters. The molecule has 1 N–H and O–H groups in total. The fourth-order valence-corrected chi connectivity index (χ4v) is 2.32. The molecule has 0 bridgehead atoms. The smallest absolute Gasteiger partial charge is 0.160 e. The molecule has 18 heavy (non-hydrogen) atoms. The van der Waals surface area contributed by atoms with Crippen LogP contribution in [0.2, 0.25) is 0 Å². The molecular formula is C15H25NO2. The molecule has 1 aromatic carbocycles. The van der Waals surface area contributed by atoms with Gasteiger partial charge in [0.15, 0.2) is 11.5 Å². The molecule has 2 unspecified atom stereocenters. The van der Waals surface area contributed by atoms with E-state index in [1.54, 1.807) is 14.2 Å². The first kappa shape index (κ1) is 14.8. The van der Waals surface area contributed by atoms with Gasteiger partial charge in [-0.05, 0) is 37.1 Å². The predicted octanol–water partition coefficient (Wildman–Crippen LogP) is 3.20. The highest BCUT2D eigenvalue weighted by molar-refractivity contribution is 5.44. The van der Waals surface area contributed by atoms with Gasteiger partial charge in [-0.1, -0.05) is 26.3 Å². The SMILES string of the molecule is CCCC(NC)C(C)c1ccc(OC)c(OC)c1. The molecule has 102 valence electrons. The summed E-state index contributed by atoms with van der Waals surface area (Å²) >= 11 is 0. The molecule has 0 saturated carbocycles. The molecule has 0 aliphatic heterocycles. The Bertz CT molecular complexity index is 366. The van der Waals surface area contributed by atoms with Gasteiger partial charge >= 0.3 is 0 Å². The molecule has 1 aromatic rings. The van der Waals surface area contributed by atoms with Crippen LogP contribution in [0.1, 0.15) is 38.2 Å². The van der Waals surface area contributed by atoms with E-state index in [1.807, 2.05) is 13.1 Å². The average molecular weight is 251 g/mol. The van der Waals surface area contributed by atoms with E-state index in [0.717, 1.165) is 11.5 Å². The van der Waals surface area contributed by atoms with Crippen molar-refractivity contribution in [1.82, 2.24) is 5.32 Å². The quantitative estimate of drug-likeness (QED) is 0.807. The Morgan fingerprint density at radius 3 is 2.33 bits per heavy atom. The summed E-state index contributed by atoms with van der Waals surface area (Å²) in [6.45, 7) is 4.46. The van der Waals surface area contributed by atoms with Crippen LogP contribution in [0.15, 0.2) is 18.2 Å². The minimum atomic E-state index is 0.453. The fourth-order valence-electron chi connectivity index (χ4n) is 2.32. The highest BCUT2D eigenvalue weighted by Gasteiger charge is 2.18. The molecule has 0 amide bonds. The van der Waals surface area contributed by atoms with E-state index in [-0.39, 0.29) is 0 Å². The van der Waals surface area contributed by atoms with Crippen LogP contribution in [0.5, 0.6) is 11.5 Å². The summed E-state index contributed by atoms with van der Waals surface area (Å²) in [5.74, 6) is 2.04. The number of rotatable bonds is 7. The normalized spacial score (nSPS) is 14.1. The van der Waals surface area contributed by atoms with Crippen LogP contribution in [0, 0.1) is 0 Å². The number of hydrogen-bond acceptors (Lipinski definition) is 3. The standard InChI is InChI=1S/C15H25NO2/c1-6-7-13(16-3)11(2)12-8-9-14(17-4)15(10-12)18-5/h8-11,13,16H,6-7H2,1-5H3. The van der Waals surface area contributed by atoms with Crippen molar-refractivity contribution in [3.8, 4) is 11.5 Å². The number of methoxy groups -OCH3 is 2. The third kappa shape index (κ3) is 3.39. The van der Waals surface area contributed by atoms with E-state index in [0.29, 0.717) is 12.0 Å². The Kier molecular flexibility index (Phi) is 5.99. The summed E-state index contributed by atoms with van der Waals surface area (Å²) in [4.78, 5) is 0. The summed E-state index contributed by atoms with van der Waals surface area (Å²) < 4.78 is 10.6. The average Bonchev–Trinajstić information content (AvgIpc) is 2.43. The van der Waals surface area contributed by atoms with Crippen LogP contribution in [0.4, 0.5) is 0 Å². The second kappa shape index (κ2) is 7.27. The number of likely N-dealkylation sites (N-methyl/N-ethyl adjacent to an activating group) is 1. The molecule has 0 fully saturated rings. The zero-order chi connectivity index (χ0) is 13.5. The van der Waals surface area contributed by atoms with Crippen LogP contribution in [-0.2, 0) is 0 Å². The van der Waals surface area contributed by atoms with Crippen molar-refractivity contribution in [3.63, 3.8) is 0 Å². The van der Waals surface area contributed by atoms with E-state index in [9.17, 15) is 0 Å². The summed E-state index contributed by atoms with van der Waals surface area (Å²) in [7, 11) is 5.36. The molecule has 3 heteroatoms. The van der Waals surface area contributed by atoms with Gasteiger partial charge in [0.1, 0.15) is 0 Å². The number of hydrogen-bond donors (Lipinski definition) is 1. The molecule has 0 aromatic heterocycles. The Morgan fingerprint density at radius 1 is 1.17 bits per heavy atom. The molecule has 0 radical (unpaired) electrons. The predicted molar refractivity (Wildman–Crippen MR) is 75.7 cm³/mol. The van der Waals surface area contributed by atoms with Gasteiger partial charge in [0, 0.05) is 6.04 Å². The topological polar surface area (TPSA) is 30.5 Å². The third-order valence-electron chi connectivity index (χ3n) is 3.51. The molecule has 1 rings (SSSR count). The maximum atomic E-state index is 5.35. The van der Waals surface area contributed by atoms with Crippen molar-refractivity contribution in [2.24, 2.45) is 0 Å². The lowest BCUT2D eigenvalue weighted by atomic mass is 9.90. The van der Waals surface area contributed by atoms with E-state index in [1.165, 1.54) is 18.4 Å². The van der Waals surface area contributed by atoms with E-state index >= 15 is 0 Å². The zero-order valence-corrected chi connectivity index (χ0v) is 12.1. The van der Waals surface area contributed by atoms with Crippen LogP contribution in [0.25, 0.3) is 0 Å². The maximum absolute atomic E-state index is 5.35. The van der Waals surface area contributed by atoms with Crippen LogP contribution in [0.3, 0.4) is 0 Å². The first-order valence-electron chi connectivity index (χ1n) is 6.57. The Balaban J connectivity index is 2.94. The van der Waals surface area contributed by atoms with Gasteiger partial charge in [-0.25, -0.2) is 0 Å². The summed E-state index contributed by atoms with van der Waals surface area (Å²) in [5.41, 5.74) is 1.28. The first-order valence-corrected chi connectivity index (χ1v) is 6.57. The van der Waals surface area contributed by atoms with E-state index < -0.39 is 0 Å². The van der Waals surface area contributed by atoms with Gasteiger partial charge < -0.3 is 14.8 Å². The lowest BCUT2D eigenvalue weighted by molar-refractivity contribution is 0.353. The number of nitrogens with one attached hydrogen (secondary N) is 1. The minimum absolute atomic E-state index is 0.453. The van der Waals surface area contributed by atoms with Gasteiger partial charge in [0.05, 0.1) is 14.2 Å². The lowest BCUT2D eigenvalue weighted by Crippen LogP contribution is -2.30. The molecule has 0 aliphatic carbocycles. The van der Waals surface area contributed by atoms with Gasteiger partial charge in [-0.15, -0.1) is 0 Å². The van der Waals surface area contributed by atoms with Crippen molar-refractivity contribution >= 4 is 0 Å².